The average Bonchev–Trinajstić information content (AvgIpc) is 2.65. The molecule has 1 aliphatic heterocycles. The molecule has 3 rings (SSSR count). The van der Waals surface area contributed by atoms with Crippen LogP contribution in [-0.4, -0.2) is 39.8 Å². The van der Waals surface area contributed by atoms with E-state index in [9.17, 15) is 13.2 Å². The zero-order valence-electron chi connectivity index (χ0n) is 16.1. The van der Waals surface area contributed by atoms with Crippen LogP contribution in [0.1, 0.15) is 18.1 Å². The maximum atomic E-state index is 12.6. The standard InChI is InChI=1S/C20H24N2O5S/c1-4-26-16-7-5-6-15(11-16)12-21-20(23)19-13-22(28(3,24)25)17-10-14(2)8-9-18(17)27-19/h5-11,19H,4,12-13H2,1-3H3,(H,21,23). The summed E-state index contributed by atoms with van der Waals surface area (Å²) in [5, 5.41) is 2.81. The summed E-state index contributed by atoms with van der Waals surface area (Å²) in [6.07, 6.45) is 0.193. The number of carbonyl (C=O) groups excluding carboxylic acids is 1. The quantitative estimate of drug-likeness (QED) is 0.798. The number of aryl methyl sites for hydroxylation is 1. The zero-order chi connectivity index (χ0) is 20.3. The van der Waals surface area contributed by atoms with Crippen LogP contribution in [0.15, 0.2) is 42.5 Å². The maximum absolute atomic E-state index is 12.6. The van der Waals surface area contributed by atoms with E-state index in [0.717, 1.165) is 23.1 Å². The van der Waals surface area contributed by atoms with E-state index in [1.54, 1.807) is 12.1 Å². The third kappa shape index (κ3) is 4.56. The highest BCUT2D eigenvalue weighted by Gasteiger charge is 2.34. The Hall–Kier alpha value is -2.74. The van der Waals surface area contributed by atoms with Crippen molar-refractivity contribution in [2.45, 2.75) is 26.5 Å². The van der Waals surface area contributed by atoms with Crippen LogP contribution < -0.4 is 19.1 Å². The van der Waals surface area contributed by atoms with Gasteiger partial charge >= 0.3 is 0 Å². The van der Waals surface area contributed by atoms with Gasteiger partial charge in [-0.05, 0) is 49.2 Å². The van der Waals surface area contributed by atoms with E-state index in [1.807, 2.05) is 44.2 Å². The van der Waals surface area contributed by atoms with Gasteiger partial charge in [0.05, 0.1) is 25.1 Å². The number of hydrogen-bond donors (Lipinski definition) is 1. The zero-order valence-corrected chi connectivity index (χ0v) is 17.0. The molecule has 2 aromatic carbocycles. The van der Waals surface area contributed by atoms with Crippen molar-refractivity contribution in [1.82, 2.24) is 5.32 Å². The number of ether oxygens (including phenoxy) is 2. The number of amides is 1. The Morgan fingerprint density at radius 1 is 1.29 bits per heavy atom. The number of rotatable bonds is 6. The van der Waals surface area contributed by atoms with Crippen LogP contribution in [0.2, 0.25) is 0 Å². The van der Waals surface area contributed by atoms with Crippen LogP contribution in [-0.2, 0) is 21.4 Å². The van der Waals surface area contributed by atoms with E-state index in [1.165, 1.54) is 4.31 Å². The fourth-order valence-electron chi connectivity index (χ4n) is 3.03. The predicted molar refractivity (Wildman–Crippen MR) is 107 cm³/mol. The first-order valence-corrected chi connectivity index (χ1v) is 10.9. The van der Waals surface area contributed by atoms with Gasteiger partial charge in [0, 0.05) is 6.54 Å². The molecule has 0 radical (unpaired) electrons. The summed E-state index contributed by atoms with van der Waals surface area (Å²) < 4.78 is 36.9. The van der Waals surface area contributed by atoms with Gasteiger partial charge in [-0.2, -0.15) is 0 Å². The first kappa shape index (κ1) is 20.0. The molecule has 0 aliphatic carbocycles. The molecule has 1 N–H and O–H groups in total. The second-order valence-corrected chi connectivity index (χ2v) is 8.58. The van der Waals surface area contributed by atoms with Gasteiger partial charge in [0.25, 0.3) is 5.91 Å². The smallest absolute Gasteiger partial charge is 0.263 e. The molecular weight excluding hydrogens is 380 g/mol. The van der Waals surface area contributed by atoms with E-state index in [4.69, 9.17) is 9.47 Å². The van der Waals surface area contributed by atoms with E-state index in [0.29, 0.717) is 24.6 Å². The van der Waals surface area contributed by atoms with Crippen molar-refractivity contribution in [3.63, 3.8) is 0 Å². The second kappa shape index (κ2) is 8.10. The van der Waals surface area contributed by atoms with Crippen LogP contribution >= 0.6 is 0 Å². The molecule has 7 nitrogen and oxygen atoms in total. The molecule has 0 saturated carbocycles. The molecule has 0 spiro atoms. The summed E-state index contributed by atoms with van der Waals surface area (Å²) in [7, 11) is -3.54. The molecule has 150 valence electrons. The average molecular weight is 404 g/mol. The lowest BCUT2D eigenvalue weighted by molar-refractivity contribution is -0.127. The van der Waals surface area contributed by atoms with Crippen LogP contribution in [0.3, 0.4) is 0 Å². The second-order valence-electron chi connectivity index (χ2n) is 6.67. The topological polar surface area (TPSA) is 84.9 Å². The van der Waals surface area contributed by atoms with Crippen molar-refractivity contribution in [3.05, 3.63) is 53.6 Å². The first-order chi connectivity index (χ1) is 13.3. The van der Waals surface area contributed by atoms with E-state index < -0.39 is 16.1 Å². The fourth-order valence-corrected chi connectivity index (χ4v) is 3.93. The molecular formula is C20H24N2O5S. The number of carbonyl (C=O) groups is 1. The molecule has 8 heteroatoms. The maximum Gasteiger partial charge on any atom is 0.263 e. The number of anilines is 1. The molecule has 1 atom stereocenters. The van der Waals surface area contributed by atoms with Crippen LogP contribution in [0.5, 0.6) is 11.5 Å². The van der Waals surface area contributed by atoms with Crippen LogP contribution in [0.4, 0.5) is 5.69 Å². The van der Waals surface area contributed by atoms with Crippen molar-refractivity contribution >= 4 is 21.6 Å². The highest BCUT2D eigenvalue weighted by atomic mass is 32.2. The first-order valence-electron chi connectivity index (χ1n) is 9.02. The number of nitrogens with one attached hydrogen (secondary N) is 1. The van der Waals surface area contributed by atoms with Crippen LogP contribution in [0.25, 0.3) is 0 Å². The molecule has 0 aromatic heterocycles. The van der Waals surface area contributed by atoms with Gasteiger partial charge in [-0.15, -0.1) is 0 Å². The summed E-state index contributed by atoms with van der Waals surface area (Å²) in [5.41, 5.74) is 2.25. The Labute approximate surface area is 165 Å². The van der Waals surface area contributed by atoms with Crippen molar-refractivity contribution in [1.29, 1.82) is 0 Å². The Morgan fingerprint density at radius 2 is 2.07 bits per heavy atom. The Morgan fingerprint density at radius 3 is 2.79 bits per heavy atom. The van der Waals surface area contributed by atoms with Gasteiger partial charge in [0.2, 0.25) is 10.0 Å². The number of nitrogens with zero attached hydrogens (tertiary/aromatic N) is 1. The van der Waals surface area contributed by atoms with Gasteiger partial charge in [-0.25, -0.2) is 8.42 Å². The largest absolute Gasteiger partial charge is 0.494 e. The minimum absolute atomic E-state index is 0.0693. The van der Waals surface area contributed by atoms with Gasteiger partial charge < -0.3 is 14.8 Å². The SMILES string of the molecule is CCOc1cccc(CNC(=O)C2CN(S(C)(=O)=O)c3cc(C)ccc3O2)c1. The van der Waals surface area contributed by atoms with E-state index >= 15 is 0 Å². The normalized spacial score (nSPS) is 16.1. The molecule has 1 aliphatic rings. The lowest BCUT2D eigenvalue weighted by Gasteiger charge is -2.34. The lowest BCUT2D eigenvalue weighted by atomic mass is 10.1. The number of sulfonamides is 1. The van der Waals surface area contributed by atoms with Crippen molar-refractivity contribution < 1.29 is 22.7 Å². The summed E-state index contributed by atoms with van der Waals surface area (Å²) in [4.78, 5) is 12.6. The molecule has 1 unspecified atom stereocenters. The van der Waals surface area contributed by atoms with Gasteiger partial charge in [-0.3, -0.25) is 9.10 Å². The predicted octanol–water partition coefficient (Wildman–Crippen LogP) is 2.24. The molecule has 28 heavy (non-hydrogen) atoms. The van der Waals surface area contributed by atoms with E-state index in [2.05, 4.69) is 5.32 Å². The molecule has 2 aromatic rings. The number of benzene rings is 2. The van der Waals surface area contributed by atoms with Crippen molar-refractivity contribution in [2.75, 3.05) is 23.7 Å². The third-order valence-corrected chi connectivity index (χ3v) is 5.50. The van der Waals surface area contributed by atoms with Crippen molar-refractivity contribution in [3.8, 4) is 11.5 Å². The Bertz CT molecular complexity index is 974. The summed E-state index contributed by atoms with van der Waals surface area (Å²) in [6, 6.07) is 12.7. The van der Waals surface area contributed by atoms with E-state index in [-0.39, 0.29) is 12.5 Å². The van der Waals surface area contributed by atoms with Gasteiger partial charge in [-0.1, -0.05) is 18.2 Å². The summed E-state index contributed by atoms with van der Waals surface area (Å²) in [5.74, 6) is 0.734. The molecule has 0 fully saturated rings. The number of fused-ring (bicyclic) bond motifs is 1. The monoisotopic (exact) mass is 404 g/mol. The lowest BCUT2D eigenvalue weighted by Crippen LogP contribution is -2.50. The highest BCUT2D eigenvalue weighted by molar-refractivity contribution is 7.92. The highest BCUT2D eigenvalue weighted by Crippen LogP contribution is 2.35. The summed E-state index contributed by atoms with van der Waals surface area (Å²) in [6.45, 7) is 4.56. The minimum Gasteiger partial charge on any atom is -0.494 e. The van der Waals surface area contributed by atoms with Gasteiger partial charge in [0.1, 0.15) is 11.5 Å². The molecule has 0 saturated heterocycles. The summed E-state index contributed by atoms with van der Waals surface area (Å²) >= 11 is 0. The van der Waals surface area contributed by atoms with Gasteiger partial charge in [0.15, 0.2) is 6.10 Å². The van der Waals surface area contributed by atoms with Crippen LogP contribution in [0, 0.1) is 6.92 Å². The molecule has 0 bridgehead atoms. The molecule has 1 heterocycles. The Balaban J connectivity index is 1.74. The molecule has 1 amide bonds. The Kier molecular flexibility index (Phi) is 5.79. The third-order valence-electron chi connectivity index (χ3n) is 4.35. The van der Waals surface area contributed by atoms with Crippen molar-refractivity contribution in [2.24, 2.45) is 0 Å². The minimum atomic E-state index is -3.54. The number of hydrogen-bond acceptors (Lipinski definition) is 5. The fraction of sp³-hybridized carbons (Fsp3) is 0.350.